The maximum atomic E-state index is 12.8. The summed E-state index contributed by atoms with van der Waals surface area (Å²) in [6.07, 6.45) is 10.4. The van der Waals surface area contributed by atoms with E-state index in [1.165, 1.54) is 12.1 Å². The standard InChI is InChI=1S/C30H40F3N3O5S/c1-29(2,3)41-28(37)36-16-14-21(15-17-36)4-5-22-18-26(20-34-19-22)40-25-10-6-23(7-11-25)35-24-8-12-27(13-9-24)42(38,39)30(31,32)33/h8-9,12-13,18-21,23,25,35H,4-7,10-11,14-17H2,1-3H3. The average molecular weight is 612 g/mol. The fourth-order valence-corrected chi connectivity index (χ4v) is 6.15. The number of sulfone groups is 1. The van der Waals surface area contributed by atoms with E-state index in [-0.39, 0.29) is 18.2 Å². The zero-order chi connectivity index (χ0) is 30.5. The van der Waals surface area contributed by atoms with Gasteiger partial charge in [0.1, 0.15) is 11.4 Å². The van der Waals surface area contributed by atoms with Crippen molar-refractivity contribution in [3.05, 3.63) is 48.3 Å². The molecule has 0 atom stereocenters. The van der Waals surface area contributed by atoms with Crippen molar-refractivity contribution in [3.8, 4) is 5.75 Å². The first-order valence-electron chi connectivity index (χ1n) is 14.5. The summed E-state index contributed by atoms with van der Waals surface area (Å²) >= 11 is 0. The number of amides is 1. The van der Waals surface area contributed by atoms with Crippen molar-refractivity contribution in [2.24, 2.45) is 5.92 Å². The van der Waals surface area contributed by atoms with Crippen LogP contribution in [0.3, 0.4) is 0 Å². The number of carbonyl (C=O) groups excluding carboxylic acids is 1. The lowest BCUT2D eigenvalue weighted by atomic mass is 9.91. The highest BCUT2D eigenvalue weighted by molar-refractivity contribution is 7.92. The van der Waals surface area contributed by atoms with Gasteiger partial charge >= 0.3 is 11.6 Å². The number of rotatable bonds is 8. The summed E-state index contributed by atoms with van der Waals surface area (Å²) in [5.74, 6) is 1.28. The van der Waals surface area contributed by atoms with E-state index in [0.29, 0.717) is 24.7 Å². The Morgan fingerprint density at radius 1 is 1.00 bits per heavy atom. The third kappa shape index (κ3) is 8.75. The maximum Gasteiger partial charge on any atom is 0.501 e. The van der Waals surface area contributed by atoms with E-state index in [1.807, 2.05) is 33.0 Å². The van der Waals surface area contributed by atoms with Crippen LogP contribution in [0.15, 0.2) is 47.6 Å². The van der Waals surface area contributed by atoms with Crippen molar-refractivity contribution in [1.29, 1.82) is 0 Å². The molecular formula is C30H40F3N3O5S. The molecule has 2 aromatic rings. The number of benzene rings is 1. The molecule has 0 unspecified atom stereocenters. The largest absolute Gasteiger partial charge is 0.501 e. The molecule has 0 spiro atoms. The molecule has 4 rings (SSSR count). The first-order chi connectivity index (χ1) is 19.7. The van der Waals surface area contributed by atoms with Crippen molar-refractivity contribution < 1.29 is 35.9 Å². The summed E-state index contributed by atoms with van der Waals surface area (Å²) in [5.41, 5.74) is -4.12. The first kappa shape index (κ1) is 31.9. The van der Waals surface area contributed by atoms with Gasteiger partial charge in [0.2, 0.25) is 0 Å². The number of hydrogen-bond acceptors (Lipinski definition) is 7. The van der Waals surface area contributed by atoms with Gasteiger partial charge in [-0.3, -0.25) is 4.98 Å². The van der Waals surface area contributed by atoms with Gasteiger partial charge in [0.05, 0.1) is 17.2 Å². The number of ether oxygens (including phenoxy) is 2. The van der Waals surface area contributed by atoms with Crippen molar-refractivity contribution in [2.75, 3.05) is 18.4 Å². The molecule has 2 aliphatic rings. The zero-order valence-electron chi connectivity index (χ0n) is 24.3. The number of nitrogens with zero attached hydrogens (tertiary/aromatic N) is 2. The number of anilines is 1. The summed E-state index contributed by atoms with van der Waals surface area (Å²) in [6, 6.07) is 6.84. The molecule has 1 aromatic carbocycles. The van der Waals surface area contributed by atoms with Gasteiger partial charge in [0.15, 0.2) is 0 Å². The number of aryl methyl sites for hydroxylation is 1. The molecule has 2 fully saturated rings. The molecule has 1 saturated carbocycles. The highest BCUT2D eigenvalue weighted by atomic mass is 32.2. The normalized spacial score (nSPS) is 20.7. The van der Waals surface area contributed by atoms with Crippen LogP contribution < -0.4 is 10.1 Å². The van der Waals surface area contributed by atoms with E-state index in [1.54, 1.807) is 11.1 Å². The lowest BCUT2D eigenvalue weighted by Gasteiger charge is -2.33. The predicted molar refractivity (Wildman–Crippen MR) is 153 cm³/mol. The van der Waals surface area contributed by atoms with E-state index in [9.17, 15) is 26.4 Å². The summed E-state index contributed by atoms with van der Waals surface area (Å²) in [5, 5.41) is 3.29. The SMILES string of the molecule is CC(C)(C)OC(=O)N1CCC(CCc2cncc(OC3CCC(Nc4ccc(S(=O)(=O)C(F)(F)F)cc4)CC3)c2)CC1. The van der Waals surface area contributed by atoms with Gasteiger partial charge < -0.3 is 19.7 Å². The molecular weight excluding hydrogens is 571 g/mol. The number of aromatic nitrogens is 1. The Kier molecular flexibility index (Phi) is 9.95. The molecule has 1 aliphatic carbocycles. The number of alkyl halides is 3. The second kappa shape index (κ2) is 13.1. The highest BCUT2D eigenvalue weighted by Gasteiger charge is 2.46. The van der Waals surface area contributed by atoms with Crippen LogP contribution in [-0.4, -0.2) is 60.7 Å². The quantitative estimate of drug-likeness (QED) is 0.352. The number of carbonyl (C=O) groups is 1. The van der Waals surface area contributed by atoms with Gasteiger partial charge in [-0.2, -0.15) is 13.2 Å². The van der Waals surface area contributed by atoms with Gasteiger partial charge in [-0.25, -0.2) is 13.2 Å². The molecule has 1 saturated heterocycles. The highest BCUT2D eigenvalue weighted by Crippen LogP contribution is 2.32. The second-order valence-electron chi connectivity index (χ2n) is 12.2. The van der Waals surface area contributed by atoms with Crippen molar-refractivity contribution in [3.63, 3.8) is 0 Å². The van der Waals surface area contributed by atoms with Gasteiger partial charge in [0.25, 0.3) is 9.84 Å². The Bertz CT molecular complexity index is 1300. The van der Waals surface area contributed by atoms with Gasteiger partial charge in [0, 0.05) is 31.0 Å². The topological polar surface area (TPSA) is 97.8 Å². The Labute approximate surface area is 245 Å². The molecule has 0 radical (unpaired) electrons. The van der Waals surface area contributed by atoms with Gasteiger partial charge in [-0.05, 0) is 114 Å². The predicted octanol–water partition coefficient (Wildman–Crippen LogP) is 6.76. The fourth-order valence-electron chi connectivity index (χ4n) is 5.38. The third-order valence-electron chi connectivity index (χ3n) is 7.69. The van der Waals surface area contributed by atoms with Gasteiger partial charge in [-0.1, -0.05) is 0 Å². The number of halogens is 3. The van der Waals surface area contributed by atoms with Crippen LogP contribution in [0.4, 0.5) is 23.7 Å². The molecule has 8 nitrogen and oxygen atoms in total. The lowest BCUT2D eigenvalue weighted by molar-refractivity contribution is -0.0436. The Morgan fingerprint density at radius 2 is 1.64 bits per heavy atom. The van der Waals surface area contributed by atoms with Crippen LogP contribution in [0.25, 0.3) is 0 Å². The minimum Gasteiger partial charge on any atom is -0.489 e. The van der Waals surface area contributed by atoms with E-state index >= 15 is 0 Å². The molecule has 1 aliphatic heterocycles. The zero-order valence-corrected chi connectivity index (χ0v) is 25.1. The fraction of sp³-hybridized carbons (Fsp3) is 0.600. The smallest absolute Gasteiger partial charge is 0.489 e. The van der Waals surface area contributed by atoms with E-state index in [2.05, 4.69) is 10.3 Å². The van der Waals surface area contributed by atoms with Crippen LogP contribution in [0.5, 0.6) is 5.75 Å². The van der Waals surface area contributed by atoms with Crippen LogP contribution in [0, 0.1) is 5.92 Å². The Morgan fingerprint density at radius 3 is 2.24 bits per heavy atom. The Balaban J connectivity index is 1.19. The maximum absolute atomic E-state index is 12.8. The van der Waals surface area contributed by atoms with Crippen LogP contribution in [-0.2, 0) is 21.0 Å². The number of nitrogens with one attached hydrogen (secondary N) is 1. The Hall–Kier alpha value is -3.02. The number of piperidine rings is 1. The first-order valence-corrected chi connectivity index (χ1v) is 15.9. The van der Waals surface area contributed by atoms with Crippen LogP contribution >= 0.6 is 0 Å². The molecule has 1 amide bonds. The molecule has 1 aromatic heterocycles. The molecule has 1 N–H and O–H groups in total. The second-order valence-corrected chi connectivity index (χ2v) is 14.1. The number of hydrogen-bond donors (Lipinski definition) is 1. The van der Waals surface area contributed by atoms with Gasteiger partial charge in [-0.15, -0.1) is 0 Å². The molecule has 12 heteroatoms. The molecule has 42 heavy (non-hydrogen) atoms. The average Bonchev–Trinajstić information content (AvgIpc) is 2.92. The summed E-state index contributed by atoms with van der Waals surface area (Å²) in [4.78, 5) is 17.7. The molecule has 232 valence electrons. The number of pyridine rings is 1. The minimum absolute atomic E-state index is 0.0385. The van der Waals surface area contributed by atoms with Crippen molar-refractivity contribution in [1.82, 2.24) is 9.88 Å². The monoisotopic (exact) mass is 611 g/mol. The minimum atomic E-state index is -5.35. The number of likely N-dealkylation sites (tertiary alicyclic amines) is 1. The third-order valence-corrected chi connectivity index (χ3v) is 9.20. The van der Waals surface area contributed by atoms with E-state index in [4.69, 9.17) is 9.47 Å². The molecule has 0 bridgehead atoms. The summed E-state index contributed by atoms with van der Waals surface area (Å²) in [6.45, 7) is 7.05. The van der Waals surface area contributed by atoms with Crippen molar-refractivity contribution >= 4 is 21.6 Å². The van der Waals surface area contributed by atoms with Crippen LogP contribution in [0.1, 0.15) is 71.3 Å². The van der Waals surface area contributed by atoms with E-state index < -0.39 is 25.8 Å². The van der Waals surface area contributed by atoms with E-state index in [0.717, 1.165) is 74.8 Å². The van der Waals surface area contributed by atoms with Crippen molar-refractivity contribution in [2.45, 2.75) is 100 Å². The lowest BCUT2D eigenvalue weighted by Crippen LogP contribution is -2.41. The summed E-state index contributed by atoms with van der Waals surface area (Å²) in [7, 11) is -5.35. The summed E-state index contributed by atoms with van der Waals surface area (Å²) < 4.78 is 73.1. The molecule has 2 heterocycles. The van der Waals surface area contributed by atoms with Crippen LogP contribution in [0.2, 0.25) is 0 Å².